The lowest BCUT2D eigenvalue weighted by Crippen LogP contribution is -2.41. The molecule has 0 fully saturated rings. The van der Waals surface area contributed by atoms with Crippen molar-refractivity contribution < 1.29 is 22.8 Å². The molecule has 2 aromatic carbocycles. The summed E-state index contributed by atoms with van der Waals surface area (Å²) in [5, 5.41) is 2.80. The topological polar surface area (TPSA) is 83.1 Å². The first-order valence-electron chi connectivity index (χ1n) is 8.38. The molecular weight excluding hydrogens is 385 g/mol. The van der Waals surface area contributed by atoms with Gasteiger partial charge in [-0.25, -0.2) is 0 Å². The first kappa shape index (κ1) is 19.9. The number of anilines is 2. The highest BCUT2D eigenvalue weighted by molar-refractivity contribution is 6.02. The van der Waals surface area contributed by atoms with Gasteiger partial charge in [0.2, 0.25) is 0 Å². The van der Waals surface area contributed by atoms with Gasteiger partial charge in [0.05, 0.1) is 22.4 Å². The zero-order valence-corrected chi connectivity index (χ0v) is 14.8. The van der Waals surface area contributed by atoms with Crippen LogP contribution in [0.25, 0.3) is 0 Å². The Morgan fingerprint density at radius 1 is 0.862 bits per heavy atom. The largest absolute Gasteiger partial charge is 0.416 e. The van der Waals surface area contributed by atoms with Crippen LogP contribution in [0.4, 0.5) is 24.5 Å². The van der Waals surface area contributed by atoms with Crippen molar-refractivity contribution in [3.63, 3.8) is 0 Å². The predicted molar refractivity (Wildman–Crippen MR) is 100 cm³/mol. The first-order valence-corrected chi connectivity index (χ1v) is 8.38. The van der Waals surface area contributed by atoms with E-state index in [1.54, 1.807) is 18.2 Å². The SMILES string of the molecule is O=C(NNC(=O)c1ccccc1Nc1cccc(C(F)(F)F)c1)c1cccnc1. The third-order valence-corrected chi connectivity index (χ3v) is 3.85. The van der Waals surface area contributed by atoms with Gasteiger partial charge in [-0.2, -0.15) is 13.2 Å². The van der Waals surface area contributed by atoms with Gasteiger partial charge in [-0.15, -0.1) is 0 Å². The maximum absolute atomic E-state index is 12.9. The Labute approximate surface area is 163 Å². The van der Waals surface area contributed by atoms with Gasteiger partial charge in [0.15, 0.2) is 0 Å². The van der Waals surface area contributed by atoms with Gasteiger partial charge in [-0.3, -0.25) is 25.4 Å². The Hall–Kier alpha value is -3.88. The standard InChI is InChI=1S/C20H15F3N4O2/c21-20(22,23)14-6-3-7-15(11-14)25-17-9-2-1-8-16(17)19(29)27-26-18(28)13-5-4-10-24-12-13/h1-12,25H,(H,26,28)(H,27,29). The molecule has 3 N–H and O–H groups in total. The van der Waals surface area contributed by atoms with Gasteiger partial charge >= 0.3 is 6.18 Å². The molecule has 0 atom stereocenters. The molecule has 0 radical (unpaired) electrons. The smallest absolute Gasteiger partial charge is 0.355 e. The molecule has 0 unspecified atom stereocenters. The highest BCUT2D eigenvalue weighted by Crippen LogP contribution is 2.31. The van der Waals surface area contributed by atoms with Crippen LogP contribution in [-0.2, 0) is 6.18 Å². The normalized spacial score (nSPS) is 10.9. The Bertz CT molecular complexity index is 1020. The number of benzene rings is 2. The molecule has 6 nitrogen and oxygen atoms in total. The monoisotopic (exact) mass is 400 g/mol. The van der Waals surface area contributed by atoms with Crippen LogP contribution in [0.5, 0.6) is 0 Å². The number of hydrogen-bond acceptors (Lipinski definition) is 4. The second kappa shape index (κ2) is 8.42. The molecule has 0 saturated heterocycles. The first-order chi connectivity index (χ1) is 13.8. The van der Waals surface area contributed by atoms with Gasteiger partial charge in [0.25, 0.3) is 11.8 Å². The van der Waals surface area contributed by atoms with E-state index in [4.69, 9.17) is 0 Å². The Balaban J connectivity index is 1.73. The van der Waals surface area contributed by atoms with Crippen molar-refractivity contribution >= 4 is 23.2 Å². The Kier molecular flexibility index (Phi) is 5.77. The number of aromatic nitrogens is 1. The van der Waals surface area contributed by atoms with E-state index in [1.165, 1.54) is 42.7 Å². The Morgan fingerprint density at radius 3 is 2.34 bits per heavy atom. The molecule has 0 aliphatic rings. The minimum atomic E-state index is -4.48. The predicted octanol–water partition coefficient (Wildman–Crippen LogP) is 3.92. The minimum Gasteiger partial charge on any atom is -0.355 e. The fraction of sp³-hybridized carbons (Fsp3) is 0.0500. The summed E-state index contributed by atoms with van der Waals surface area (Å²) in [6.45, 7) is 0. The lowest BCUT2D eigenvalue weighted by Gasteiger charge is -2.14. The number of pyridine rings is 1. The zero-order valence-electron chi connectivity index (χ0n) is 14.8. The Morgan fingerprint density at radius 2 is 1.62 bits per heavy atom. The average Bonchev–Trinajstić information content (AvgIpc) is 2.72. The summed E-state index contributed by atoms with van der Waals surface area (Å²) in [4.78, 5) is 28.3. The number of rotatable bonds is 4. The highest BCUT2D eigenvalue weighted by Gasteiger charge is 2.30. The van der Waals surface area contributed by atoms with Gasteiger partial charge in [-0.05, 0) is 42.5 Å². The van der Waals surface area contributed by atoms with Crippen molar-refractivity contribution in [2.24, 2.45) is 0 Å². The summed E-state index contributed by atoms with van der Waals surface area (Å²) in [5.74, 6) is -1.20. The van der Waals surface area contributed by atoms with Crippen LogP contribution in [0, 0.1) is 0 Å². The number of halogens is 3. The fourth-order valence-electron chi connectivity index (χ4n) is 2.47. The number of para-hydroxylation sites is 1. The third kappa shape index (κ3) is 5.10. The molecule has 9 heteroatoms. The summed E-state index contributed by atoms with van der Waals surface area (Å²) in [6, 6.07) is 13.9. The van der Waals surface area contributed by atoms with Gasteiger partial charge in [-0.1, -0.05) is 18.2 Å². The minimum absolute atomic E-state index is 0.136. The van der Waals surface area contributed by atoms with Gasteiger partial charge < -0.3 is 5.32 Å². The number of alkyl halides is 3. The average molecular weight is 400 g/mol. The molecular formula is C20H15F3N4O2. The van der Waals surface area contributed by atoms with Crippen molar-refractivity contribution in [3.05, 3.63) is 89.7 Å². The molecule has 148 valence electrons. The van der Waals surface area contributed by atoms with E-state index < -0.39 is 23.6 Å². The molecule has 29 heavy (non-hydrogen) atoms. The third-order valence-electron chi connectivity index (χ3n) is 3.85. The summed E-state index contributed by atoms with van der Waals surface area (Å²) in [5.41, 5.74) is 4.56. The highest BCUT2D eigenvalue weighted by atomic mass is 19.4. The zero-order chi connectivity index (χ0) is 20.9. The lowest BCUT2D eigenvalue weighted by molar-refractivity contribution is -0.137. The summed E-state index contributed by atoms with van der Waals surface area (Å²) < 4.78 is 38.7. The summed E-state index contributed by atoms with van der Waals surface area (Å²) in [6.07, 6.45) is -1.64. The molecule has 2 amide bonds. The number of nitrogens with zero attached hydrogens (tertiary/aromatic N) is 1. The van der Waals surface area contributed by atoms with Crippen LogP contribution in [-0.4, -0.2) is 16.8 Å². The molecule has 0 saturated carbocycles. The van der Waals surface area contributed by atoms with Crippen LogP contribution in [0.15, 0.2) is 73.1 Å². The molecule has 1 aromatic heterocycles. The van der Waals surface area contributed by atoms with E-state index in [1.807, 2.05) is 0 Å². The number of carbonyl (C=O) groups excluding carboxylic acids is 2. The van der Waals surface area contributed by atoms with Gasteiger partial charge in [0.1, 0.15) is 0 Å². The van der Waals surface area contributed by atoms with Gasteiger partial charge in [0, 0.05) is 18.1 Å². The summed E-state index contributed by atoms with van der Waals surface area (Å²) >= 11 is 0. The molecule has 3 rings (SSSR count). The quantitative estimate of drug-likeness (QED) is 0.580. The van der Waals surface area contributed by atoms with Crippen LogP contribution in [0.2, 0.25) is 0 Å². The van der Waals surface area contributed by atoms with Crippen LogP contribution in [0.3, 0.4) is 0 Å². The van der Waals surface area contributed by atoms with Crippen LogP contribution in [0.1, 0.15) is 26.3 Å². The van der Waals surface area contributed by atoms with Crippen LogP contribution >= 0.6 is 0 Å². The van der Waals surface area contributed by atoms with E-state index in [-0.39, 0.29) is 22.5 Å². The number of amides is 2. The maximum Gasteiger partial charge on any atom is 0.416 e. The molecule has 1 heterocycles. The molecule has 0 bridgehead atoms. The van der Waals surface area contributed by atoms with Crippen molar-refractivity contribution in [2.45, 2.75) is 6.18 Å². The van der Waals surface area contributed by atoms with E-state index >= 15 is 0 Å². The summed E-state index contributed by atoms with van der Waals surface area (Å²) in [7, 11) is 0. The molecule has 3 aromatic rings. The van der Waals surface area contributed by atoms with E-state index in [9.17, 15) is 22.8 Å². The number of carbonyl (C=O) groups is 2. The second-order valence-electron chi connectivity index (χ2n) is 5.90. The molecule has 0 aliphatic carbocycles. The second-order valence-corrected chi connectivity index (χ2v) is 5.90. The van der Waals surface area contributed by atoms with Crippen molar-refractivity contribution in [1.29, 1.82) is 0 Å². The molecule has 0 aliphatic heterocycles. The van der Waals surface area contributed by atoms with E-state index in [0.717, 1.165) is 12.1 Å². The van der Waals surface area contributed by atoms with Crippen molar-refractivity contribution in [1.82, 2.24) is 15.8 Å². The van der Waals surface area contributed by atoms with E-state index in [2.05, 4.69) is 21.2 Å². The lowest BCUT2D eigenvalue weighted by atomic mass is 10.1. The van der Waals surface area contributed by atoms with E-state index in [0.29, 0.717) is 0 Å². The van der Waals surface area contributed by atoms with Crippen molar-refractivity contribution in [2.75, 3.05) is 5.32 Å². The number of hydrogen-bond donors (Lipinski definition) is 3. The number of hydrazine groups is 1. The fourth-order valence-corrected chi connectivity index (χ4v) is 2.47. The number of nitrogens with one attached hydrogen (secondary N) is 3. The molecule has 0 spiro atoms. The van der Waals surface area contributed by atoms with Crippen LogP contribution < -0.4 is 16.2 Å². The maximum atomic E-state index is 12.9. The van der Waals surface area contributed by atoms with Crippen molar-refractivity contribution in [3.8, 4) is 0 Å².